The molecule has 156 valence electrons. The summed E-state index contributed by atoms with van der Waals surface area (Å²) in [5.74, 6) is -1.23. The van der Waals surface area contributed by atoms with Crippen LogP contribution in [0.5, 0.6) is 0 Å². The molecular formula is C22H20ClFN2O3S. The highest BCUT2D eigenvalue weighted by Crippen LogP contribution is 2.28. The first kappa shape index (κ1) is 21.8. The lowest BCUT2D eigenvalue weighted by Gasteiger charge is -2.24. The highest BCUT2D eigenvalue weighted by Gasteiger charge is 2.27. The molecule has 5 nitrogen and oxygen atoms in total. The summed E-state index contributed by atoms with van der Waals surface area (Å²) in [4.78, 5) is 12.7. The molecule has 0 heterocycles. The third kappa shape index (κ3) is 4.80. The van der Waals surface area contributed by atoms with Gasteiger partial charge < -0.3 is 5.32 Å². The van der Waals surface area contributed by atoms with E-state index in [1.54, 1.807) is 30.3 Å². The second-order valence-corrected chi connectivity index (χ2v) is 9.04. The zero-order valence-corrected chi connectivity index (χ0v) is 18.0. The molecule has 3 rings (SSSR count). The lowest BCUT2D eigenvalue weighted by molar-refractivity contribution is -0.114. The maximum Gasteiger partial charge on any atom is 0.264 e. The van der Waals surface area contributed by atoms with E-state index in [1.807, 2.05) is 19.9 Å². The molecular weight excluding hydrogens is 427 g/mol. The van der Waals surface area contributed by atoms with Crippen LogP contribution in [-0.4, -0.2) is 20.9 Å². The van der Waals surface area contributed by atoms with Gasteiger partial charge in [-0.3, -0.25) is 9.10 Å². The minimum atomic E-state index is -4.09. The van der Waals surface area contributed by atoms with Gasteiger partial charge in [0, 0.05) is 5.69 Å². The Labute approximate surface area is 180 Å². The molecule has 0 fully saturated rings. The van der Waals surface area contributed by atoms with E-state index in [2.05, 4.69) is 5.32 Å². The van der Waals surface area contributed by atoms with Crippen molar-refractivity contribution in [1.82, 2.24) is 0 Å². The monoisotopic (exact) mass is 446 g/mol. The standard InChI is InChI=1S/C22H20ClFN2O3S/c1-15-8-9-17(12-16(15)2)25-22(27)14-26(18-10-11-21(24)20(23)13-18)30(28,29)19-6-4-3-5-7-19/h3-13H,14H2,1-2H3,(H,25,27). The van der Waals surface area contributed by atoms with Crippen molar-refractivity contribution in [2.75, 3.05) is 16.2 Å². The summed E-state index contributed by atoms with van der Waals surface area (Å²) in [7, 11) is -4.09. The molecule has 0 saturated carbocycles. The number of hydrogen-bond acceptors (Lipinski definition) is 3. The molecule has 3 aromatic rings. The summed E-state index contributed by atoms with van der Waals surface area (Å²) in [6.07, 6.45) is 0. The number of nitrogens with zero attached hydrogens (tertiary/aromatic N) is 1. The molecule has 0 aromatic heterocycles. The van der Waals surface area contributed by atoms with E-state index in [-0.39, 0.29) is 15.6 Å². The molecule has 8 heteroatoms. The molecule has 0 unspecified atom stereocenters. The average Bonchev–Trinajstić information content (AvgIpc) is 2.72. The Morgan fingerprint density at radius 3 is 2.33 bits per heavy atom. The number of amides is 1. The first-order chi connectivity index (χ1) is 14.2. The van der Waals surface area contributed by atoms with E-state index < -0.39 is 28.3 Å². The van der Waals surface area contributed by atoms with Crippen LogP contribution in [0.1, 0.15) is 11.1 Å². The van der Waals surface area contributed by atoms with Crippen LogP contribution in [-0.2, 0) is 14.8 Å². The maximum atomic E-state index is 13.6. The maximum absolute atomic E-state index is 13.6. The molecule has 3 aromatic carbocycles. The molecule has 0 aliphatic carbocycles. The third-order valence-electron chi connectivity index (χ3n) is 4.60. The minimum Gasteiger partial charge on any atom is -0.325 e. The van der Waals surface area contributed by atoms with Crippen LogP contribution >= 0.6 is 11.6 Å². The lowest BCUT2D eigenvalue weighted by atomic mass is 10.1. The van der Waals surface area contributed by atoms with Crippen molar-refractivity contribution in [2.24, 2.45) is 0 Å². The van der Waals surface area contributed by atoms with E-state index in [9.17, 15) is 17.6 Å². The fourth-order valence-corrected chi connectivity index (χ4v) is 4.43. The van der Waals surface area contributed by atoms with E-state index in [0.717, 1.165) is 21.5 Å². The van der Waals surface area contributed by atoms with Crippen LogP contribution in [0.25, 0.3) is 0 Å². The van der Waals surface area contributed by atoms with Crippen LogP contribution in [0.3, 0.4) is 0 Å². The van der Waals surface area contributed by atoms with Crippen LogP contribution in [0.2, 0.25) is 5.02 Å². The van der Waals surface area contributed by atoms with Gasteiger partial charge in [0.05, 0.1) is 15.6 Å². The minimum absolute atomic E-state index is 0.00410. The van der Waals surface area contributed by atoms with Crippen molar-refractivity contribution in [1.29, 1.82) is 0 Å². The van der Waals surface area contributed by atoms with Crippen molar-refractivity contribution < 1.29 is 17.6 Å². The second-order valence-electron chi connectivity index (χ2n) is 6.77. The first-order valence-electron chi connectivity index (χ1n) is 9.08. The predicted molar refractivity (Wildman–Crippen MR) is 117 cm³/mol. The van der Waals surface area contributed by atoms with Crippen LogP contribution in [0.4, 0.5) is 15.8 Å². The summed E-state index contributed by atoms with van der Waals surface area (Å²) in [6.45, 7) is 3.36. The summed E-state index contributed by atoms with van der Waals surface area (Å²) in [6, 6.07) is 16.6. The number of aryl methyl sites for hydroxylation is 2. The molecule has 30 heavy (non-hydrogen) atoms. The smallest absolute Gasteiger partial charge is 0.264 e. The molecule has 0 atom stereocenters. The Morgan fingerprint density at radius 1 is 1.00 bits per heavy atom. The van der Waals surface area contributed by atoms with E-state index >= 15 is 0 Å². The topological polar surface area (TPSA) is 66.5 Å². The molecule has 0 saturated heterocycles. The highest BCUT2D eigenvalue weighted by molar-refractivity contribution is 7.92. The molecule has 0 aliphatic rings. The fraction of sp³-hybridized carbons (Fsp3) is 0.136. The summed E-state index contributed by atoms with van der Waals surface area (Å²) in [5.41, 5.74) is 2.70. The highest BCUT2D eigenvalue weighted by atomic mass is 35.5. The summed E-state index contributed by atoms with van der Waals surface area (Å²) < 4.78 is 41.0. The Kier molecular flexibility index (Phi) is 6.43. The van der Waals surface area contributed by atoms with E-state index in [0.29, 0.717) is 5.69 Å². The zero-order chi connectivity index (χ0) is 21.9. The van der Waals surface area contributed by atoms with Crippen molar-refractivity contribution in [2.45, 2.75) is 18.7 Å². The van der Waals surface area contributed by atoms with Crippen molar-refractivity contribution in [3.8, 4) is 0 Å². The normalized spacial score (nSPS) is 11.2. The number of carbonyl (C=O) groups is 1. The van der Waals surface area contributed by atoms with Crippen molar-refractivity contribution >= 4 is 38.9 Å². The molecule has 0 aliphatic heterocycles. The van der Waals surface area contributed by atoms with Gasteiger partial charge in [0.25, 0.3) is 10.0 Å². The number of hydrogen-bond donors (Lipinski definition) is 1. The predicted octanol–water partition coefficient (Wildman–Crippen LogP) is 4.93. The van der Waals surface area contributed by atoms with Gasteiger partial charge in [-0.15, -0.1) is 0 Å². The largest absolute Gasteiger partial charge is 0.325 e. The number of rotatable bonds is 6. The SMILES string of the molecule is Cc1ccc(NC(=O)CN(c2ccc(F)c(Cl)c2)S(=O)(=O)c2ccccc2)cc1C. The lowest BCUT2D eigenvalue weighted by Crippen LogP contribution is -2.38. The van der Waals surface area contributed by atoms with Gasteiger partial charge in [-0.1, -0.05) is 35.9 Å². The molecule has 1 amide bonds. The molecule has 0 radical (unpaired) electrons. The van der Waals surface area contributed by atoms with Crippen LogP contribution in [0.15, 0.2) is 71.6 Å². The van der Waals surface area contributed by atoms with Gasteiger partial charge in [-0.05, 0) is 67.4 Å². The Morgan fingerprint density at radius 2 is 1.70 bits per heavy atom. The molecule has 0 spiro atoms. The van der Waals surface area contributed by atoms with E-state index in [1.165, 1.54) is 24.3 Å². The second kappa shape index (κ2) is 8.85. The van der Waals surface area contributed by atoms with Gasteiger partial charge in [0.15, 0.2) is 0 Å². The Bertz CT molecular complexity index is 1180. The summed E-state index contributed by atoms with van der Waals surface area (Å²) >= 11 is 5.86. The third-order valence-corrected chi connectivity index (χ3v) is 6.68. The van der Waals surface area contributed by atoms with Crippen molar-refractivity contribution in [3.05, 3.63) is 88.7 Å². The first-order valence-corrected chi connectivity index (χ1v) is 10.9. The van der Waals surface area contributed by atoms with Gasteiger partial charge >= 0.3 is 0 Å². The van der Waals surface area contributed by atoms with Gasteiger partial charge in [-0.25, -0.2) is 12.8 Å². The van der Waals surface area contributed by atoms with Gasteiger partial charge in [0.1, 0.15) is 12.4 Å². The van der Waals surface area contributed by atoms with E-state index in [4.69, 9.17) is 11.6 Å². The van der Waals surface area contributed by atoms with Crippen molar-refractivity contribution in [3.63, 3.8) is 0 Å². The van der Waals surface area contributed by atoms with Crippen LogP contribution in [0, 0.1) is 19.7 Å². The quantitative estimate of drug-likeness (QED) is 0.583. The molecule has 1 N–H and O–H groups in total. The van der Waals surface area contributed by atoms with Gasteiger partial charge in [-0.2, -0.15) is 0 Å². The van der Waals surface area contributed by atoms with Crippen LogP contribution < -0.4 is 9.62 Å². The number of halogens is 2. The number of nitrogens with one attached hydrogen (secondary N) is 1. The Hall–Kier alpha value is -2.90. The number of anilines is 2. The summed E-state index contributed by atoms with van der Waals surface area (Å²) in [5, 5.41) is 2.47. The number of benzene rings is 3. The fourth-order valence-electron chi connectivity index (χ4n) is 2.83. The molecule has 0 bridgehead atoms. The Balaban J connectivity index is 1.95. The number of sulfonamides is 1. The van der Waals surface area contributed by atoms with Gasteiger partial charge in [0.2, 0.25) is 5.91 Å². The zero-order valence-electron chi connectivity index (χ0n) is 16.4. The number of carbonyl (C=O) groups excluding carboxylic acids is 1. The average molecular weight is 447 g/mol.